The SMILES string of the molecule is CCO[Si](CCCNC(=O)OCCCCCCOc1ccc(-c2ccc(/C=C/C(=O)O)c(OC)c2)cc1)(OCC)OCC. The molecule has 0 saturated carbocycles. The number of carbonyl (C=O) groups is 2. The fraction of sp³-hybridized carbons (Fsp3) is 0.500. The van der Waals surface area contributed by atoms with Crippen molar-refractivity contribution in [3.8, 4) is 22.6 Å². The Bertz CT molecular complexity index is 1110. The van der Waals surface area contributed by atoms with Gasteiger partial charge in [0.25, 0.3) is 0 Å². The molecular formula is C32H47NO9Si. The van der Waals surface area contributed by atoms with E-state index in [4.69, 9.17) is 32.6 Å². The minimum absolute atomic E-state index is 0.380. The van der Waals surface area contributed by atoms with Gasteiger partial charge in [0.15, 0.2) is 0 Å². The van der Waals surface area contributed by atoms with Crippen molar-refractivity contribution >= 4 is 26.9 Å². The zero-order valence-electron chi connectivity index (χ0n) is 25.9. The second kappa shape index (κ2) is 20.5. The molecule has 43 heavy (non-hydrogen) atoms. The fourth-order valence-electron chi connectivity index (χ4n) is 4.39. The maximum Gasteiger partial charge on any atom is 0.500 e. The summed E-state index contributed by atoms with van der Waals surface area (Å²) in [5.41, 5.74) is 2.65. The van der Waals surface area contributed by atoms with E-state index in [1.54, 1.807) is 7.11 Å². The van der Waals surface area contributed by atoms with Gasteiger partial charge < -0.3 is 37.9 Å². The number of carboxylic acid groups (broad SMARTS) is 1. The van der Waals surface area contributed by atoms with Crippen molar-refractivity contribution in [2.75, 3.05) is 46.7 Å². The minimum Gasteiger partial charge on any atom is -0.496 e. The second-order valence-electron chi connectivity index (χ2n) is 9.56. The molecule has 0 spiro atoms. The molecule has 1 amide bonds. The third-order valence-electron chi connectivity index (χ3n) is 6.39. The van der Waals surface area contributed by atoms with E-state index in [0.717, 1.165) is 48.6 Å². The number of alkyl carbamates (subject to hydrolysis) is 1. The van der Waals surface area contributed by atoms with Gasteiger partial charge in [0, 0.05) is 44.0 Å². The molecule has 0 aliphatic rings. The molecule has 0 saturated heterocycles. The van der Waals surface area contributed by atoms with Crippen LogP contribution in [0.1, 0.15) is 58.4 Å². The molecule has 11 heteroatoms. The minimum atomic E-state index is -2.69. The molecule has 0 fully saturated rings. The summed E-state index contributed by atoms with van der Waals surface area (Å²) in [5.74, 6) is 0.383. The van der Waals surface area contributed by atoms with Crippen LogP contribution in [0.4, 0.5) is 4.79 Å². The Balaban J connectivity index is 1.60. The van der Waals surface area contributed by atoms with Crippen LogP contribution in [0.15, 0.2) is 48.5 Å². The molecule has 2 N–H and O–H groups in total. The largest absolute Gasteiger partial charge is 0.500 e. The summed E-state index contributed by atoms with van der Waals surface area (Å²) in [6.07, 6.45) is 6.50. The molecule has 2 aromatic rings. The summed E-state index contributed by atoms with van der Waals surface area (Å²) in [7, 11) is -1.13. The van der Waals surface area contributed by atoms with Crippen molar-refractivity contribution in [1.29, 1.82) is 0 Å². The highest BCUT2D eigenvalue weighted by molar-refractivity contribution is 6.60. The molecule has 0 aliphatic carbocycles. The zero-order valence-corrected chi connectivity index (χ0v) is 26.9. The van der Waals surface area contributed by atoms with Crippen molar-refractivity contribution in [3.63, 3.8) is 0 Å². The van der Waals surface area contributed by atoms with Crippen molar-refractivity contribution in [3.05, 3.63) is 54.1 Å². The average molecular weight is 618 g/mol. The number of aliphatic carboxylic acids is 1. The number of carboxylic acids is 1. The van der Waals surface area contributed by atoms with Gasteiger partial charge in [-0.05, 0) is 88.3 Å². The summed E-state index contributed by atoms with van der Waals surface area (Å²) in [5, 5.41) is 11.6. The van der Waals surface area contributed by atoms with Crippen molar-refractivity contribution in [1.82, 2.24) is 5.32 Å². The molecule has 10 nitrogen and oxygen atoms in total. The average Bonchev–Trinajstić information content (AvgIpc) is 3.00. The van der Waals surface area contributed by atoms with Gasteiger partial charge in [-0.25, -0.2) is 9.59 Å². The quantitative estimate of drug-likeness (QED) is 0.0859. The second-order valence-corrected chi connectivity index (χ2v) is 12.3. The van der Waals surface area contributed by atoms with E-state index in [9.17, 15) is 9.59 Å². The van der Waals surface area contributed by atoms with E-state index in [1.165, 1.54) is 6.08 Å². The Labute approximate surface area is 256 Å². The number of methoxy groups -OCH3 is 1. The number of amides is 1. The lowest BCUT2D eigenvalue weighted by Gasteiger charge is -2.28. The summed E-state index contributed by atoms with van der Waals surface area (Å²) in [4.78, 5) is 22.8. The standard InChI is InChI=1S/C32H47NO9Si/c1-5-40-43(41-6-2,42-7-3)24-12-21-33-32(36)39-23-11-9-8-10-22-38-29-18-15-26(16-19-29)28-14-13-27(17-20-31(34)35)30(25-28)37-4/h13-20,25H,5-12,21-24H2,1-4H3,(H,33,36)(H,34,35)/b20-17+. The van der Waals surface area contributed by atoms with Crippen LogP contribution in [0.3, 0.4) is 0 Å². The highest BCUT2D eigenvalue weighted by atomic mass is 28.4. The first-order chi connectivity index (χ1) is 20.9. The van der Waals surface area contributed by atoms with Crippen LogP contribution in [0.5, 0.6) is 11.5 Å². The Kier molecular flexibility index (Phi) is 17.1. The monoisotopic (exact) mass is 617 g/mol. The van der Waals surface area contributed by atoms with E-state index >= 15 is 0 Å². The van der Waals surface area contributed by atoms with Crippen LogP contribution in [-0.4, -0.2) is 72.7 Å². The lowest BCUT2D eigenvalue weighted by atomic mass is 10.0. The van der Waals surface area contributed by atoms with E-state index in [2.05, 4.69) is 5.32 Å². The Morgan fingerprint density at radius 2 is 1.47 bits per heavy atom. The Hall–Kier alpha value is -3.38. The predicted molar refractivity (Wildman–Crippen MR) is 168 cm³/mol. The smallest absolute Gasteiger partial charge is 0.496 e. The number of benzene rings is 2. The van der Waals surface area contributed by atoms with Gasteiger partial charge in [0.05, 0.1) is 20.3 Å². The van der Waals surface area contributed by atoms with Gasteiger partial charge in [-0.3, -0.25) is 0 Å². The summed E-state index contributed by atoms with van der Waals surface area (Å²) in [6, 6.07) is 14.1. The van der Waals surface area contributed by atoms with E-state index < -0.39 is 20.9 Å². The maximum atomic E-state index is 12.0. The first-order valence-corrected chi connectivity index (χ1v) is 16.9. The molecule has 0 heterocycles. The van der Waals surface area contributed by atoms with Gasteiger partial charge in [-0.2, -0.15) is 0 Å². The molecule has 2 rings (SSSR count). The van der Waals surface area contributed by atoms with Crippen LogP contribution in [0, 0.1) is 0 Å². The highest BCUT2D eigenvalue weighted by Gasteiger charge is 2.39. The molecule has 0 unspecified atom stereocenters. The molecule has 0 aliphatic heterocycles. The summed E-state index contributed by atoms with van der Waals surface area (Å²) < 4.78 is 34.1. The van der Waals surface area contributed by atoms with Crippen LogP contribution < -0.4 is 14.8 Å². The summed E-state index contributed by atoms with van der Waals surface area (Å²) in [6.45, 7) is 8.84. The Morgan fingerprint density at radius 3 is 2.07 bits per heavy atom. The van der Waals surface area contributed by atoms with Gasteiger partial charge in [0.1, 0.15) is 11.5 Å². The van der Waals surface area contributed by atoms with E-state index in [0.29, 0.717) is 63.4 Å². The molecule has 0 atom stereocenters. The number of unbranched alkanes of at least 4 members (excludes halogenated alkanes) is 3. The normalized spacial score (nSPS) is 11.4. The molecule has 238 valence electrons. The van der Waals surface area contributed by atoms with Crippen LogP contribution >= 0.6 is 0 Å². The van der Waals surface area contributed by atoms with Gasteiger partial charge in [-0.1, -0.05) is 24.3 Å². The van der Waals surface area contributed by atoms with Crippen LogP contribution in [-0.2, 0) is 22.8 Å². The lowest BCUT2D eigenvalue weighted by molar-refractivity contribution is -0.131. The number of carbonyl (C=O) groups excluding carboxylic acids is 1. The third kappa shape index (κ3) is 13.6. The van der Waals surface area contributed by atoms with Crippen molar-refractivity contribution < 1.29 is 42.2 Å². The number of rotatable bonds is 22. The van der Waals surface area contributed by atoms with Gasteiger partial charge >= 0.3 is 20.9 Å². The van der Waals surface area contributed by atoms with E-state index in [1.807, 2.05) is 63.2 Å². The number of ether oxygens (including phenoxy) is 3. The van der Waals surface area contributed by atoms with Crippen molar-refractivity contribution in [2.45, 2.75) is 58.9 Å². The van der Waals surface area contributed by atoms with E-state index in [-0.39, 0.29) is 0 Å². The third-order valence-corrected chi connectivity index (χ3v) is 9.54. The Morgan fingerprint density at radius 1 is 0.837 bits per heavy atom. The molecule has 2 aromatic carbocycles. The summed E-state index contributed by atoms with van der Waals surface area (Å²) >= 11 is 0. The maximum absolute atomic E-state index is 12.0. The number of nitrogens with one attached hydrogen (secondary N) is 1. The molecule has 0 aromatic heterocycles. The zero-order chi connectivity index (χ0) is 31.3. The number of hydrogen-bond acceptors (Lipinski definition) is 8. The fourth-order valence-corrected chi connectivity index (χ4v) is 7.01. The molecular weight excluding hydrogens is 570 g/mol. The topological polar surface area (TPSA) is 122 Å². The molecule has 0 radical (unpaired) electrons. The van der Waals surface area contributed by atoms with Crippen LogP contribution in [0.25, 0.3) is 17.2 Å². The number of hydrogen-bond donors (Lipinski definition) is 2. The first kappa shape index (κ1) is 35.8. The predicted octanol–water partition coefficient (Wildman–Crippen LogP) is 6.56. The lowest BCUT2D eigenvalue weighted by Crippen LogP contribution is -2.46. The highest BCUT2D eigenvalue weighted by Crippen LogP contribution is 2.29. The van der Waals surface area contributed by atoms with Gasteiger partial charge in [-0.15, -0.1) is 0 Å². The van der Waals surface area contributed by atoms with Gasteiger partial charge in [0.2, 0.25) is 0 Å². The first-order valence-electron chi connectivity index (χ1n) is 15.0. The van der Waals surface area contributed by atoms with Crippen molar-refractivity contribution in [2.24, 2.45) is 0 Å². The van der Waals surface area contributed by atoms with Crippen LogP contribution in [0.2, 0.25) is 6.04 Å². The molecule has 0 bridgehead atoms.